The van der Waals surface area contributed by atoms with Crippen LogP contribution in [0.25, 0.3) is 0 Å². The van der Waals surface area contributed by atoms with Crippen molar-refractivity contribution >= 4 is 11.3 Å². The number of piperazine rings is 1. The number of thiazole rings is 1. The maximum atomic E-state index is 4.71. The van der Waals surface area contributed by atoms with E-state index < -0.39 is 0 Å². The first kappa shape index (κ1) is 14.9. The number of hydrogen-bond acceptors (Lipinski definition) is 5. The molecule has 1 saturated heterocycles. The summed E-state index contributed by atoms with van der Waals surface area (Å²) in [4.78, 5) is 9.71. The third kappa shape index (κ3) is 3.99. The van der Waals surface area contributed by atoms with Crippen molar-refractivity contribution in [2.75, 3.05) is 26.7 Å². The average Bonchev–Trinajstić information content (AvgIpc) is 2.81. The molecule has 0 spiro atoms. The van der Waals surface area contributed by atoms with E-state index in [-0.39, 0.29) is 0 Å². The standard InChI is InChI=1S/C14H26N4S/c1-5-15-6-14-16-13(10-19-14)9-18-7-11(2)17(4)12(3)8-18/h10-12,15H,5-9H2,1-4H3. The van der Waals surface area contributed by atoms with Gasteiger partial charge in [-0.25, -0.2) is 4.98 Å². The molecule has 2 heterocycles. The van der Waals surface area contributed by atoms with Gasteiger partial charge in [-0.2, -0.15) is 0 Å². The number of likely N-dealkylation sites (N-methyl/N-ethyl adjacent to an activating group) is 1. The molecule has 1 aliphatic rings. The van der Waals surface area contributed by atoms with E-state index in [4.69, 9.17) is 4.98 Å². The van der Waals surface area contributed by atoms with Gasteiger partial charge in [0, 0.05) is 43.6 Å². The topological polar surface area (TPSA) is 31.4 Å². The molecule has 1 aliphatic heterocycles. The van der Waals surface area contributed by atoms with Crippen molar-refractivity contribution in [3.05, 3.63) is 16.1 Å². The Hall–Kier alpha value is -0.490. The summed E-state index contributed by atoms with van der Waals surface area (Å²) in [5.74, 6) is 0. The summed E-state index contributed by atoms with van der Waals surface area (Å²) < 4.78 is 0. The Labute approximate surface area is 120 Å². The van der Waals surface area contributed by atoms with E-state index >= 15 is 0 Å². The second kappa shape index (κ2) is 6.79. The minimum absolute atomic E-state index is 0.628. The molecule has 2 atom stereocenters. The maximum absolute atomic E-state index is 4.71. The highest BCUT2D eigenvalue weighted by Gasteiger charge is 2.26. The Balaban J connectivity index is 1.88. The van der Waals surface area contributed by atoms with E-state index in [1.807, 2.05) is 0 Å². The van der Waals surface area contributed by atoms with E-state index in [0.717, 1.165) is 32.7 Å². The van der Waals surface area contributed by atoms with E-state index in [2.05, 4.69) is 48.3 Å². The van der Waals surface area contributed by atoms with Crippen molar-refractivity contribution in [1.82, 2.24) is 20.1 Å². The molecule has 0 amide bonds. The van der Waals surface area contributed by atoms with Crippen molar-refractivity contribution in [2.24, 2.45) is 0 Å². The lowest BCUT2D eigenvalue weighted by atomic mass is 10.1. The lowest BCUT2D eigenvalue weighted by Gasteiger charge is -2.42. The smallest absolute Gasteiger partial charge is 0.107 e. The third-order valence-electron chi connectivity index (χ3n) is 3.95. The molecule has 0 aromatic carbocycles. The SMILES string of the molecule is CCNCc1nc(CN2CC(C)N(C)C(C)C2)cs1. The number of rotatable bonds is 5. The minimum Gasteiger partial charge on any atom is -0.311 e. The molecule has 0 bridgehead atoms. The zero-order valence-electron chi connectivity index (χ0n) is 12.5. The van der Waals surface area contributed by atoms with Crippen LogP contribution in [0, 0.1) is 0 Å². The van der Waals surface area contributed by atoms with Gasteiger partial charge in [0.2, 0.25) is 0 Å². The molecular weight excluding hydrogens is 256 g/mol. The molecule has 0 radical (unpaired) electrons. The Morgan fingerprint density at radius 2 is 2.05 bits per heavy atom. The zero-order valence-corrected chi connectivity index (χ0v) is 13.3. The quantitative estimate of drug-likeness (QED) is 0.892. The van der Waals surface area contributed by atoms with Gasteiger partial charge in [0.05, 0.1) is 5.69 Å². The summed E-state index contributed by atoms with van der Waals surface area (Å²) in [6.07, 6.45) is 0. The number of nitrogens with zero attached hydrogens (tertiary/aromatic N) is 3. The van der Waals surface area contributed by atoms with Crippen molar-refractivity contribution in [3.63, 3.8) is 0 Å². The highest BCUT2D eigenvalue weighted by molar-refractivity contribution is 7.09. The lowest BCUT2D eigenvalue weighted by Crippen LogP contribution is -2.54. The summed E-state index contributed by atoms with van der Waals surface area (Å²) in [5, 5.41) is 6.74. The van der Waals surface area contributed by atoms with Gasteiger partial charge in [-0.1, -0.05) is 6.92 Å². The van der Waals surface area contributed by atoms with Crippen molar-refractivity contribution < 1.29 is 0 Å². The fourth-order valence-corrected chi connectivity index (χ4v) is 3.36. The normalized spacial score (nSPS) is 25.9. The zero-order chi connectivity index (χ0) is 13.8. The molecule has 2 unspecified atom stereocenters. The van der Waals surface area contributed by atoms with Gasteiger partial charge >= 0.3 is 0 Å². The first-order chi connectivity index (χ1) is 9.10. The molecule has 0 saturated carbocycles. The molecule has 1 aromatic rings. The van der Waals surface area contributed by atoms with Gasteiger partial charge < -0.3 is 5.32 Å². The first-order valence-corrected chi connectivity index (χ1v) is 8.06. The van der Waals surface area contributed by atoms with Crippen LogP contribution in [-0.4, -0.2) is 53.5 Å². The number of nitrogens with one attached hydrogen (secondary N) is 1. The summed E-state index contributed by atoms with van der Waals surface area (Å²) in [6.45, 7) is 11.9. The lowest BCUT2D eigenvalue weighted by molar-refractivity contribution is 0.0550. The monoisotopic (exact) mass is 282 g/mol. The highest BCUT2D eigenvalue weighted by atomic mass is 32.1. The maximum Gasteiger partial charge on any atom is 0.107 e. The molecule has 0 aliphatic carbocycles. The Bertz CT molecular complexity index is 381. The Morgan fingerprint density at radius 1 is 1.37 bits per heavy atom. The van der Waals surface area contributed by atoms with E-state index in [1.165, 1.54) is 10.7 Å². The van der Waals surface area contributed by atoms with Crippen LogP contribution in [-0.2, 0) is 13.1 Å². The van der Waals surface area contributed by atoms with Crippen molar-refractivity contribution in [2.45, 2.75) is 45.9 Å². The van der Waals surface area contributed by atoms with E-state index in [1.54, 1.807) is 11.3 Å². The molecule has 1 aromatic heterocycles. The summed E-state index contributed by atoms with van der Waals surface area (Å²) in [5.41, 5.74) is 1.22. The Kier molecular flexibility index (Phi) is 5.33. The molecule has 1 N–H and O–H groups in total. The molecular formula is C14H26N4S. The molecule has 4 nitrogen and oxygen atoms in total. The number of hydrogen-bond donors (Lipinski definition) is 1. The van der Waals surface area contributed by atoms with Crippen LogP contribution in [0.3, 0.4) is 0 Å². The van der Waals surface area contributed by atoms with Gasteiger partial charge in [-0.15, -0.1) is 11.3 Å². The average molecular weight is 282 g/mol. The molecule has 5 heteroatoms. The largest absolute Gasteiger partial charge is 0.311 e. The second-order valence-corrected chi connectivity index (χ2v) is 6.51. The fraction of sp³-hybridized carbons (Fsp3) is 0.786. The highest BCUT2D eigenvalue weighted by Crippen LogP contribution is 2.17. The molecule has 19 heavy (non-hydrogen) atoms. The van der Waals surface area contributed by atoms with Crippen LogP contribution in [0.5, 0.6) is 0 Å². The summed E-state index contributed by atoms with van der Waals surface area (Å²) in [6, 6.07) is 1.26. The van der Waals surface area contributed by atoms with Crippen LogP contribution >= 0.6 is 11.3 Å². The van der Waals surface area contributed by atoms with Gasteiger partial charge in [0.25, 0.3) is 0 Å². The van der Waals surface area contributed by atoms with E-state index in [0.29, 0.717) is 12.1 Å². The second-order valence-electron chi connectivity index (χ2n) is 5.57. The molecule has 2 rings (SSSR count). The Morgan fingerprint density at radius 3 is 2.68 bits per heavy atom. The van der Waals surface area contributed by atoms with Crippen LogP contribution in [0.4, 0.5) is 0 Å². The van der Waals surface area contributed by atoms with Gasteiger partial charge in [-0.05, 0) is 27.4 Å². The van der Waals surface area contributed by atoms with Crippen LogP contribution in [0.2, 0.25) is 0 Å². The summed E-state index contributed by atoms with van der Waals surface area (Å²) >= 11 is 1.77. The van der Waals surface area contributed by atoms with E-state index in [9.17, 15) is 0 Å². The van der Waals surface area contributed by atoms with Crippen molar-refractivity contribution in [3.8, 4) is 0 Å². The predicted molar refractivity (Wildman–Crippen MR) is 81.5 cm³/mol. The van der Waals surface area contributed by atoms with Crippen LogP contribution in [0.1, 0.15) is 31.5 Å². The van der Waals surface area contributed by atoms with Crippen LogP contribution < -0.4 is 5.32 Å². The third-order valence-corrected chi connectivity index (χ3v) is 4.84. The molecule has 108 valence electrons. The van der Waals surface area contributed by atoms with Gasteiger partial charge in [0.1, 0.15) is 5.01 Å². The van der Waals surface area contributed by atoms with Crippen molar-refractivity contribution in [1.29, 1.82) is 0 Å². The van der Waals surface area contributed by atoms with Crippen LogP contribution in [0.15, 0.2) is 5.38 Å². The summed E-state index contributed by atoms with van der Waals surface area (Å²) in [7, 11) is 2.23. The first-order valence-electron chi connectivity index (χ1n) is 7.18. The predicted octanol–water partition coefficient (Wildman–Crippen LogP) is 1.78. The van der Waals surface area contributed by atoms with Gasteiger partial charge in [0.15, 0.2) is 0 Å². The minimum atomic E-state index is 0.628. The fourth-order valence-electron chi connectivity index (χ4n) is 2.61. The number of aromatic nitrogens is 1. The van der Waals surface area contributed by atoms with Gasteiger partial charge in [-0.3, -0.25) is 9.80 Å². The molecule has 1 fully saturated rings.